The maximum absolute atomic E-state index is 12.5. The van der Waals surface area contributed by atoms with E-state index in [-0.39, 0.29) is 29.0 Å². The summed E-state index contributed by atoms with van der Waals surface area (Å²) in [6, 6.07) is 4.38. The van der Waals surface area contributed by atoms with Crippen LogP contribution in [0.1, 0.15) is 48.3 Å². The minimum absolute atomic E-state index is 0.0201. The quantitative estimate of drug-likeness (QED) is 0.637. The van der Waals surface area contributed by atoms with E-state index < -0.39 is 16.0 Å². The zero-order chi connectivity index (χ0) is 21.2. The normalized spacial score (nSPS) is 13.9. The Morgan fingerprint density at radius 3 is 2.69 bits per heavy atom. The molecule has 1 aromatic carbocycles. The number of aromatic nitrogens is 1. The highest BCUT2D eigenvalue weighted by atomic mass is 32.2. The molecule has 1 saturated carbocycles. The molecule has 1 heterocycles. The van der Waals surface area contributed by atoms with Crippen LogP contribution in [0.2, 0.25) is 0 Å². The van der Waals surface area contributed by atoms with Gasteiger partial charge in [0.05, 0.1) is 16.2 Å². The molecular formula is C19H23N3O5S2. The first-order valence-electron chi connectivity index (χ1n) is 9.24. The van der Waals surface area contributed by atoms with Crippen LogP contribution in [0.5, 0.6) is 0 Å². The molecule has 10 heteroatoms. The van der Waals surface area contributed by atoms with Crippen LogP contribution in [0.3, 0.4) is 0 Å². The molecule has 0 radical (unpaired) electrons. The van der Waals surface area contributed by atoms with E-state index >= 15 is 0 Å². The number of amides is 1. The number of benzene rings is 1. The summed E-state index contributed by atoms with van der Waals surface area (Å²) in [5.74, 6) is -0.738. The van der Waals surface area contributed by atoms with Crippen molar-refractivity contribution in [2.75, 3.05) is 11.4 Å². The summed E-state index contributed by atoms with van der Waals surface area (Å²) < 4.78 is 32.7. The van der Waals surface area contributed by atoms with Gasteiger partial charge in [0.15, 0.2) is 5.13 Å². The molecular weight excluding hydrogens is 414 g/mol. The van der Waals surface area contributed by atoms with Crippen molar-refractivity contribution in [2.45, 2.75) is 51.2 Å². The fraction of sp³-hybridized carbons (Fsp3) is 0.421. The highest BCUT2D eigenvalue weighted by Crippen LogP contribution is 2.24. The summed E-state index contributed by atoms with van der Waals surface area (Å²) in [6.07, 6.45) is 1.66. The summed E-state index contributed by atoms with van der Waals surface area (Å²) in [4.78, 5) is 30.0. The Labute approximate surface area is 173 Å². The van der Waals surface area contributed by atoms with Crippen molar-refractivity contribution in [3.05, 3.63) is 40.4 Å². The number of aryl methyl sites for hydroxylation is 1. The maximum Gasteiger partial charge on any atom is 0.338 e. The number of anilines is 1. The molecule has 2 aromatic rings. The van der Waals surface area contributed by atoms with Gasteiger partial charge in [0, 0.05) is 24.9 Å². The predicted molar refractivity (Wildman–Crippen MR) is 109 cm³/mol. The Balaban J connectivity index is 1.70. The van der Waals surface area contributed by atoms with Crippen LogP contribution in [0.4, 0.5) is 5.13 Å². The summed E-state index contributed by atoms with van der Waals surface area (Å²) in [7, 11) is -3.66. The first-order valence-corrected chi connectivity index (χ1v) is 11.6. The molecule has 29 heavy (non-hydrogen) atoms. The third kappa shape index (κ3) is 5.20. The molecule has 1 N–H and O–H groups in total. The monoisotopic (exact) mass is 437 g/mol. The van der Waals surface area contributed by atoms with Crippen molar-refractivity contribution in [2.24, 2.45) is 0 Å². The first kappa shape index (κ1) is 21.4. The molecule has 8 nitrogen and oxygen atoms in total. The highest BCUT2D eigenvalue weighted by molar-refractivity contribution is 7.89. The van der Waals surface area contributed by atoms with E-state index in [9.17, 15) is 18.0 Å². The molecule has 1 aliphatic carbocycles. The Hall–Kier alpha value is -2.30. The van der Waals surface area contributed by atoms with Gasteiger partial charge in [0.25, 0.3) is 0 Å². The van der Waals surface area contributed by atoms with Crippen molar-refractivity contribution in [3.8, 4) is 0 Å². The van der Waals surface area contributed by atoms with E-state index in [1.54, 1.807) is 18.4 Å². The van der Waals surface area contributed by atoms with Crippen LogP contribution in [-0.2, 0) is 26.2 Å². The Bertz CT molecular complexity index is 1030. The van der Waals surface area contributed by atoms with Crippen LogP contribution in [-0.4, -0.2) is 37.9 Å². The second kappa shape index (κ2) is 8.60. The molecule has 1 aliphatic rings. The maximum atomic E-state index is 12.5. The van der Waals surface area contributed by atoms with Gasteiger partial charge < -0.3 is 4.74 Å². The lowest BCUT2D eigenvalue weighted by atomic mass is 10.1. The van der Waals surface area contributed by atoms with E-state index in [4.69, 9.17) is 4.74 Å². The first-order chi connectivity index (χ1) is 13.7. The number of carbonyl (C=O) groups excluding carboxylic acids is 2. The van der Waals surface area contributed by atoms with E-state index in [1.807, 2.05) is 6.92 Å². The van der Waals surface area contributed by atoms with Crippen LogP contribution < -0.4 is 9.62 Å². The number of carbonyl (C=O) groups is 2. The number of hydrogen-bond acceptors (Lipinski definition) is 7. The van der Waals surface area contributed by atoms with Gasteiger partial charge in [-0.2, -0.15) is 0 Å². The minimum Gasteiger partial charge on any atom is -0.456 e. The summed E-state index contributed by atoms with van der Waals surface area (Å²) in [6.45, 7) is 5.46. The van der Waals surface area contributed by atoms with Crippen LogP contribution in [0.25, 0.3) is 0 Å². The number of rotatable bonds is 8. The second-order valence-electron chi connectivity index (χ2n) is 6.83. The lowest BCUT2D eigenvalue weighted by Crippen LogP contribution is -2.27. The summed E-state index contributed by atoms with van der Waals surface area (Å²) >= 11 is 1.29. The third-order valence-electron chi connectivity index (χ3n) is 4.46. The number of nitrogens with zero attached hydrogens (tertiary/aromatic N) is 2. The van der Waals surface area contributed by atoms with Gasteiger partial charge in [-0.05, 0) is 44.4 Å². The lowest BCUT2D eigenvalue weighted by Gasteiger charge is -2.14. The van der Waals surface area contributed by atoms with E-state index in [1.165, 1.54) is 35.3 Å². The van der Waals surface area contributed by atoms with E-state index in [0.717, 1.165) is 12.8 Å². The highest BCUT2D eigenvalue weighted by Gasteiger charge is 2.28. The largest absolute Gasteiger partial charge is 0.456 e. The van der Waals surface area contributed by atoms with Crippen LogP contribution >= 0.6 is 11.3 Å². The van der Waals surface area contributed by atoms with E-state index in [0.29, 0.717) is 22.9 Å². The number of ether oxygens (including phenoxy) is 1. The average molecular weight is 438 g/mol. The van der Waals surface area contributed by atoms with Crippen LogP contribution in [0.15, 0.2) is 28.5 Å². The number of nitrogens with one attached hydrogen (secondary N) is 1. The number of sulfonamides is 1. The molecule has 0 aliphatic heterocycles. The standard InChI is InChI=1S/C19H23N3O5S2/c1-4-22(13(3)23)19-20-15(11-28-19)10-27-18(24)17-9-16(8-5-12(17)2)29(25,26)21-14-6-7-14/h5,8-9,11,14,21H,4,6-7,10H2,1-3H3. The van der Waals surface area contributed by atoms with Crippen molar-refractivity contribution < 1.29 is 22.7 Å². The Morgan fingerprint density at radius 1 is 1.34 bits per heavy atom. The van der Waals surface area contributed by atoms with Crippen molar-refractivity contribution in [1.29, 1.82) is 0 Å². The molecule has 0 saturated heterocycles. The Morgan fingerprint density at radius 2 is 2.07 bits per heavy atom. The fourth-order valence-electron chi connectivity index (χ4n) is 2.67. The molecule has 0 bridgehead atoms. The third-order valence-corrected chi connectivity index (χ3v) is 6.89. The number of thiazole rings is 1. The Kier molecular flexibility index (Phi) is 6.35. The van der Waals surface area contributed by atoms with Crippen molar-refractivity contribution in [1.82, 2.24) is 9.71 Å². The van der Waals surface area contributed by atoms with Crippen molar-refractivity contribution in [3.63, 3.8) is 0 Å². The fourth-order valence-corrected chi connectivity index (χ4v) is 4.92. The van der Waals surface area contributed by atoms with Gasteiger partial charge in [-0.15, -0.1) is 11.3 Å². The molecule has 1 aromatic heterocycles. The smallest absolute Gasteiger partial charge is 0.338 e. The topological polar surface area (TPSA) is 106 Å². The van der Waals surface area contributed by atoms with Crippen molar-refractivity contribution >= 4 is 38.4 Å². The van der Waals surface area contributed by atoms with Gasteiger partial charge in [-0.1, -0.05) is 6.07 Å². The summed E-state index contributed by atoms with van der Waals surface area (Å²) in [5, 5.41) is 2.27. The zero-order valence-corrected chi connectivity index (χ0v) is 18.1. The minimum atomic E-state index is -3.66. The van der Waals surface area contributed by atoms with Gasteiger partial charge in [-0.25, -0.2) is 22.9 Å². The zero-order valence-electron chi connectivity index (χ0n) is 16.5. The second-order valence-corrected chi connectivity index (χ2v) is 9.38. The molecule has 156 valence electrons. The summed E-state index contributed by atoms with van der Waals surface area (Å²) in [5.41, 5.74) is 1.33. The van der Waals surface area contributed by atoms with Gasteiger partial charge in [0.1, 0.15) is 6.61 Å². The molecule has 1 fully saturated rings. The molecule has 3 rings (SSSR count). The van der Waals surface area contributed by atoms with Gasteiger partial charge in [0.2, 0.25) is 15.9 Å². The van der Waals surface area contributed by atoms with Crippen LogP contribution in [0, 0.1) is 6.92 Å². The molecule has 0 unspecified atom stereocenters. The average Bonchev–Trinajstić information content (AvgIpc) is 3.34. The molecule has 1 amide bonds. The lowest BCUT2D eigenvalue weighted by molar-refractivity contribution is -0.116. The molecule has 0 spiro atoms. The SMILES string of the molecule is CCN(C(C)=O)c1nc(COC(=O)c2cc(S(=O)(=O)NC3CC3)ccc2C)cs1. The molecule has 0 atom stereocenters. The van der Waals surface area contributed by atoms with E-state index in [2.05, 4.69) is 9.71 Å². The predicted octanol–water partition coefficient (Wildman–Crippen LogP) is 2.62. The number of hydrogen-bond donors (Lipinski definition) is 1. The van der Waals surface area contributed by atoms with Gasteiger partial charge >= 0.3 is 5.97 Å². The van der Waals surface area contributed by atoms with Gasteiger partial charge in [-0.3, -0.25) is 9.69 Å². The number of esters is 1.